The van der Waals surface area contributed by atoms with E-state index in [-0.39, 0.29) is 17.5 Å². The van der Waals surface area contributed by atoms with Crippen molar-refractivity contribution in [2.75, 3.05) is 5.75 Å². The minimum Gasteiger partial charge on any atom is -0.272 e. The number of pyridine rings is 1. The molecular weight excluding hydrogens is 325 g/mol. The molecule has 1 amide bonds. The Morgan fingerprint density at radius 2 is 2.04 bits per heavy atom. The van der Waals surface area contributed by atoms with Gasteiger partial charge in [0.25, 0.3) is 0 Å². The molecule has 0 atom stereocenters. The molecule has 0 radical (unpaired) electrons. The van der Waals surface area contributed by atoms with Crippen LogP contribution in [0, 0.1) is 5.82 Å². The number of nitrogens with one attached hydrogen (secondary N) is 1. The van der Waals surface area contributed by atoms with Crippen LogP contribution in [0.3, 0.4) is 0 Å². The van der Waals surface area contributed by atoms with Crippen molar-refractivity contribution in [3.63, 3.8) is 0 Å². The Morgan fingerprint density at radius 3 is 2.92 bits per heavy atom. The molecule has 0 saturated heterocycles. The lowest BCUT2D eigenvalue weighted by atomic mass is 10.2. The van der Waals surface area contributed by atoms with E-state index in [2.05, 4.69) is 15.5 Å². The Bertz CT molecular complexity index is 898. The molecule has 0 unspecified atom stereocenters. The molecule has 3 aromatic rings. The molecule has 0 aliphatic carbocycles. The Balaban J connectivity index is 1.53. The zero-order valence-corrected chi connectivity index (χ0v) is 13.5. The van der Waals surface area contributed by atoms with Crippen LogP contribution in [0.15, 0.2) is 70.8 Å². The highest BCUT2D eigenvalue weighted by Gasteiger charge is 2.03. The number of thioether (sulfide) groups is 1. The van der Waals surface area contributed by atoms with E-state index in [1.807, 2.05) is 36.4 Å². The maximum Gasteiger partial charge on any atom is 0.250 e. The Morgan fingerprint density at radius 1 is 1.17 bits per heavy atom. The summed E-state index contributed by atoms with van der Waals surface area (Å²) in [7, 11) is 0. The van der Waals surface area contributed by atoms with E-state index in [9.17, 15) is 9.18 Å². The first-order valence-corrected chi connectivity index (χ1v) is 8.25. The van der Waals surface area contributed by atoms with Crippen molar-refractivity contribution in [1.82, 2.24) is 10.4 Å². The van der Waals surface area contributed by atoms with Crippen LogP contribution < -0.4 is 5.43 Å². The van der Waals surface area contributed by atoms with Gasteiger partial charge in [-0.2, -0.15) is 5.10 Å². The van der Waals surface area contributed by atoms with E-state index in [1.54, 1.807) is 12.1 Å². The number of halogens is 1. The number of hydrazone groups is 1. The molecule has 4 nitrogen and oxygen atoms in total. The number of fused-ring (bicyclic) bond motifs is 1. The molecule has 2 aromatic carbocycles. The molecule has 0 fully saturated rings. The molecular formula is C18H14FN3OS. The zero-order chi connectivity index (χ0) is 16.8. The second kappa shape index (κ2) is 7.70. The maximum atomic E-state index is 13.0. The first-order chi connectivity index (χ1) is 11.7. The van der Waals surface area contributed by atoms with E-state index in [1.165, 1.54) is 30.1 Å². The Labute approximate surface area is 142 Å². The Hall–Kier alpha value is -2.73. The van der Waals surface area contributed by atoms with Crippen LogP contribution in [0.1, 0.15) is 5.56 Å². The molecule has 0 bridgehead atoms. The largest absolute Gasteiger partial charge is 0.272 e. The molecule has 6 heteroatoms. The van der Waals surface area contributed by atoms with Crippen LogP contribution >= 0.6 is 11.8 Å². The number of hydrogen-bond acceptors (Lipinski definition) is 4. The van der Waals surface area contributed by atoms with Crippen LogP contribution in [0.2, 0.25) is 0 Å². The van der Waals surface area contributed by atoms with E-state index in [4.69, 9.17) is 0 Å². The van der Waals surface area contributed by atoms with Gasteiger partial charge in [0.2, 0.25) is 5.91 Å². The lowest BCUT2D eigenvalue weighted by Crippen LogP contribution is -2.19. The highest BCUT2D eigenvalue weighted by atomic mass is 32.2. The number of amides is 1. The summed E-state index contributed by atoms with van der Waals surface area (Å²) in [5.74, 6) is -0.392. The molecule has 0 spiro atoms. The number of hydrogen-bond donors (Lipinski definition) is 1. The first-order valence-electron chi connectivity index (χ1n) is 7.27. The second-order valence-corrected chi connectivity index (χ2v) is 5.97. The summed E-state index contributed by atoms with van der Waals surface area (Å²) in [5.41, 5.74) is 3.90. The molecule has 0 aliphatic heterocycles. The summed E-state index contributed by atoms with van der Waals surface area (Å²) in [6.07, 6.45) is 1.40. The SMILES string of the molecule is O=C(CSc1ccc2ccccc2n1)N/N=C/c1cccc(F)c1. The molecule has 0 saturated carbocycles. The van der Waals surface area contributed by atoms with Crippen molar-refractivity contribution in [2.45, 2.75) is 5.03 Å². The maximum absolute atomic E-state index is 13.0. The van der Waals surface area contributed by atoms with Gasteiger partial charge in [0.05, 0.1) is 22.5 Å². The second-order valence-electron chi connectivity index (χ2n) is 4.98. The minimum atomic E-state index is -0.344. The zero-order valence-electron chi connectivity index (χ0n) is 12.6. The van der Waals surface area contributed by atoms with Crippen LogP contribution in [0.25, 0.3) is 10.9 Å². The predicted molar refractivity (Wildman–Crippen MR) is 94.6 cm³/mol. The summed E-state index contributed by atoms with van der Waals surface area (Å²) in [4.78, 5) is 16.3. The van der Waals surface area contributed by atoms with Gasteiger partial charge in [-0.15, -0.1) is 0 Å². The molecule has 1 N–H and O–H groups in total. The number of benzene rings is 2. The van der Waals surface area contributed by atoms with Crippen LogP contribution in [-0.2, 0) is 4.79 Å². The van der Waals surface area contributed by atoms with Gasteiger partial charge in [-0.05, 0) is 29.8 Å². The van der Waals surface area contributed by atoms with Gasteiger partial charge in [-0.1, -0.05) is 48.2 Å². The monoisotopic (exact) mass is 339 g/mol. The Kier molecular flexibility index (Phi) is 5.18. The average Bonchev–Trinajstić information content (AvgIpc) is 2.60. The normalized spacial score (nSPS) is 11.0. The van der Waals surface area contributed by atoms with Gasteiger partial charge in [0.15, 0.2) is 0 Å². The molecule has 1 aromatic heterocycles. The highest BCUT2D eigenvalue weighted by molar-refractivity contribution is 7.99. The van der Waals surface area contributed by atoms with Crippen LogP contribution in [-0.4, -0.2) is 22.9 Å². The van der Waals surface area contributed by atoms with Crippen molar-refractivity contribution in [1.29, 1.82) is 0 Å². The summed E-state index contributed by atoms with van der Waals surface area (Å²) >= 11 is 1.34. The van der Waals surface area contributed by atoms with Crippen molar-refractivity contribution >= 4 is 34.8 Å². The number of rotatable bonds is 5. The van der Waals surface area contributed by atoms with Gasteiger partial charge in [-0.25, -0.2) is 14.8 Å². The molecule has 0 aliphatic rings. The molecule has 3 rings (SSSR count). The smallest absolute Gasteiger partial charge is 0.250 e. The molecule has 1 heterocycles. The third-order valence-electron chi connectivity index (χ3n) is 3.18. The first kappa shape index (κ1) is 16.1. The number of carbonyl (C=O) groups is 1. The van der Waals surface area contributed by atoms with Gasteiger partial charge >= 0.3 is 0 Å². The van der Waals surface area contributed by atoms with E-state index in [0.29, 0.717) is 5.56 Å². The van der Waals surface area contributed by atoms with Crippen molar-refractivity contribution in [3.8, 4) is 0 Å². The van der Waals surface area contributed by atoms with E-state index in [0.717, 1.165) is 15.9 Å². The fourth-order valence-corrected chi connectivity index (χ4v) is 2.74. The van der Waals surface area contributed by atoms with Gasteiger partial charge in [0.1, 0.15) is 5.82 Å². The lowest BCUT2D eigenvalue weighted by molar-refractivity contribution is -0.118. The number of nitrogens with zero attached hydrogens (tertiary/aromatic N) is 2. The predicted octanol–water partition coefficient (Wildman–Crippen LogP) is 3.62. The van der Waals surface area contributed by atoms with Crippen LogP contribution in [0.5, 0.6) is 0 Å². The van der Waals surface area contributed by atoms with Crippen LogP contribution in [0.4, 0.5) is 4.39 Å². The standard InChI is InChI=1S/C18H14FN3OS/c19-15-6-3-4-13(10-15)11-20-22-17(23)12-24-18-9-8-14-5-1-2-7-16(14)21-18/h1-11H,12H2,(H,22,23)/b20-11+. The fourth-order valence-electron chi connectivity index (χ4n) is 2.07. The van der Waals surface area contributed by atoms with Gasteiger partial charge in [-0.3, -0.25) is 4.79 Å². The quantitative estimate of drug-likeness (QED) is 0.439. The highest BCUT2D eigenvalue weighted by Crippen LogP contribution is 2.19. The molecule has 24 heavy (non-hydrogen) atoms. The molecule has 120 valence electrons. The summed E-state index contributed by atoms with van der Waals surface area (Å²) in [6, 6.07) is 17.6. The average molecular weight is 339 g/mol. The topological polar surface area (TPSA) is 54.4 Å². The third-order valence-corrected chi connectivity index (χ3v) is 4.11. The number of aromatic nitrogens is 1. The number of carbonyl (C=O) groups excluding carboxylic acids is 1. The number of para-hydroxylation sites is 1. The fraction of sp³-hybridized carbons (Fsp3) is 0.0556. The van der Waals surface area contributed by atoms with Gasteiger partial charge in [0, 0.05) is 5.39 Å². The van der Waals surface area contributed by atoms with E-state index < -0.39 is 0 Å². The minimum absolute atomic E-state index is 0.200. The van der Waals surface area contributed by atoms with E-state index >= 15 is 0 Å². The lowest BCUT2D eigenvalue weighted by Gasteiger charge is -2.02. The third kappa shape index (κ3) is 4.39. The van der Waals surface area contributed by atoms with Crippen molar-refractivity contribution < 1.29 is 9.18 Å². The van der Waals surface area contributed by atoms with Crippen molar-refractivity contribution in [3.05, 3.63) is 72.0 Å². The van der Waals surface area contributed by atoms with Crippen molar-refractivity contribution in [2.24, 2.45) is 5.10 Å². The summed E-state index contributed by atoms with van der Waals surface area (Å²) in [5, 5.41) is 5.66. The summed E-state index contributed by atoms with van der Waals surface area (Å²) < 4.78 is 13.0. The van der Waals surface area contributed by atoms with Gasteiger partial charge < -0.3 is 0 Å². The summed E-state index contributed by atoms with van der Waals surface area (Å²) in [6.45, 7) is 0.